The maximum Gasteiger partial charge on any atom is 0.343 e. The predicted molar refractivity (Wildman–Crippen MR) is 101 cm³/mol. The van der Waals surface area contributed by atoms with Gasteiger partial charge in [0.1, 0.15) is 5.56 Å². The summed E-state index contributed by atoms with van der Waals surface area (Å²) in [6.45, 7) is 2.22. The number of benzene rings is 3. The van der Waals surface area contributed by atoms with Gasteiger partial charge in [-0.3, -0.25) is 0 Å². The fourth-order valence-electron chi connectivity index (χ4n) is 3.11. The number of fused-ring (bicyclic) bond motifs is 3. The third-order valence-electron chi connectivity index (χ3n) is 4.11. The van der Waals surface area contributed by atoms with Crippen molar-refractivity contribution in [1.82, 2.24) is 0 Å². The van der Waals surface area contributed by atoms with Gasteiger partial charge in [0.2, 0.25) is 0 Å². The summed E-state index contributed by atoms with van der Waals surface area (Å²) >= 11 is 0. The Morgan fingerprint density at radius 1 is 0.833 bits per heavy atom. The van der Waals surface area contributed by atoms with E-state index in [2.05, 4.69) is 48.5 Å². The molecule has 0 amide bonds. The SMILES string of the molecule is CCOC(=O)c1ccccc1-[s+]1c2ccccc2c2ccccc21. The van der Waals surface area contributed by atoms with Gasteiger partial charge in [0, 0.05) is 21.2 Å². The minimum absolute atomic E-state index is 0.248. The first-order valence-electron chi connectivity index (χ1n) is 8.00. The summed E-state index contributed by atoms with van der Waals surface area (Å²) in [4.78, 5) is 13.5. The first kappa shape index (κ1) is 14.9. The molecule has 0 fully saturated rings. The van der Waals surface area contributed by atoms with Crippen LogP contribution in [0.5, 0.6) is 0 Å². The largest absolute Gasteiger partial charge is 0.462 e. The van der Waals surface area contributed by atoms with Crippen LogP contribution in [0.25, 0.3) is 25.1 Å². The molecule has 0 saturated carbocycles. The van der Waals surface area contributed by atoms with E-state index in [1.807, 2.05) is 31.2 Å². The molecule has 2 nitrogen and oxygen atoms in total. The number of carbonyl (C=O) groups excluding carboxylic acids is 1. The lowest BCUT2D eigenvalue weighted by atomic mass is 10.2. The van der Waals surface area contributed by atoms with Crippen molar-refractivity contribution in [2.24, 2.45) is 0 Å². The van der Waals surface area contributed by atoms with Crippen molar-refractivity contribution in [3.05, 3.63) is 78.4 Å². The molecule has 3 aromatic carbocycles. The monoisotopic (exact) mass is 333 g/mol. The van der Waals surface area contributed by atoms with Crippen LogP contribution in [0.15, 0.2) is 72.8 Å². The van der Waals surface area contributed by atoms with Gasteiger partial charge in [0.15, 0.2) is 14.3 Å². The lowest BCUT2D eigenvalue weighted by Gasteiger charge is -2.03. The van der Waals surface area contributed by atoms with Gasteiger partial charge >= 0.3 is 5.97 Å². The van der Waals surface area contributed by atoms with E-state index >= 15 is 0 Å². The van der Waals surface area contributed by atoms with E-state index in [0.29, 0.717) is 12.2 Å². The number of ether oxygens (including phenoxy) is 1. The fraction of sp³-hybridized carbons (Fsp3) is 0.0952. The smallest absolute Gasteiger partial charge is 0.343 e. The van der Waals surface area contributed by atoms with Gasteiger partial charge in [-0.1, -0.05) is 36.4 Å². The maximum absolute atomic E-state index is 12.4. The normalized spacial score (nSPS) is 11.0. The second-order valence-corrected chi connectivity index (χ2v) is 7.45. The summed E-state index contributed by atoms with van der Waals surface area (Å²) in [5, 5.41) is 2.52. The molecule has 0 bridgehead atoms. The molecule has 0 spiro atoms. The molecule has 1 heterocycles. The number of thiophene rings is 1. The number of esters is 1. The van der Waals surface area contributed by atoms with Crippen molar-refractivity contribution in [2.75, 3.05) is 6.61 Å². The van der Waals surface area contributed by atoms with Crippen molar-refractivity contribution >= 4 is 36.6 Å². The Labute approximate surface area is 143 Å². The molecule has 0 radical (unpaired) electrons. The van der Waals surface area contributed by atoms with E-state index in [-0.39, 0.29) is 16.4 Å². The highest BCUT2D eigenvalue weighted by atomic mass is 32.2. The van der Waals surface area contributed by atoms with Gasteiger partial charge in [-0.2, -0.15) is 0 Å². The summed E-state index contributed by atoms with van der Waals surface area (Å²) in [6.07, 6.45) is 0. The Bertz CT molecular complexity index is 993. The Hall–Kier alpha value is -2.65. The molecule has 0 unspecified atom stereocenters. The first-order chi connectivity index (χ1) is 11.8. The molecule has 0 aliphatic heterocycles. The van der Waals surface area contributed by atoms with Gasteiger partial charge in [-0.05, 0) is 43.3 Å². The van der Waals surface area contributed by atoms with Crippen molar-refractivity contribution in [3.8, 4) is 4.90 Å². The summed E-state index contributed by atoms with van der Waals surface area (Å²) in [5.41, 5.74) is 0.661. The van der Waals surface area contributed by atoms with Gasteiger partial charge in [-0.25, -0.2) is 4.79 Å². The molecule has 4 rings (SSSR count). The average Bonchev–Trinajstić information content (AvgIpc) is 2.96. The highest BCUT2D eigenvalue weighted by Crippen LogP contribution is 2.49. The van der Waals surface area contributed by atoms with Gasteiger partial charge in [0.05, 0.1) is 6.61 Å². The summed E-state index contributed by atoms with van der Waals surface area (Å²) in [6, 6.07) is 24.7. The average molecular weight is 333 g/mol. The van der Waals surface area contributed by atoms with Crippen LogP contribution in [-0.4, -0.2) is 12.6 Å². The molecule has 0 saturated heterocycles. The first-order valence-corrected chi connectivity index (χ1v) is 9.22. The second kappa shape index (κ2) is 6.10. The summed E-state index contributed by atoms with van der Waals surface area (Å²) < 4.78 is 7.82. The molecule has 0 atom stereocenters. The zero-order chi connectivity index (χ0) is 16.5. The van der Waals surface area contributed by atoms with Crippen LogP contribution >= 0.6 is 10.5 Å². The molecule has 0 N–H and O–H groups in total. The van der Waals surface area contributed by atoms with E-state index in [1.165, 1.54) is 20.2 Å². The Morgan fingerprint density at radius 3 is 2.00 bits per heavy atom. The van der Waals surface area contributed by atoms with Gasteiger partial charge in [0.25, 0.3) is 0 Å². The molecular weight excluding hydrogens is 316 g/mol. The van der Waals surface area contributed by atoms with Crippen LogP contribution in [0.1, 0.15) is 17.3 Å². The maximum atomic E-state index is 12.4. The third-order valence-corrected chi connectivity index (χ3v) is 6.49. The predicted octanol–water partition coefficient (Wildman–Crippen LogP) is 5.91. The Balaban J connectivity index is 2.09. The highest BCUT2D eigenvalue weighted by Gasteiger charge is 2.27. The van der Waals surface area contributed by atoms with Crippen LogP contribution < -0.4 is 0 Å². The van der Waals surface area contributed by atoms with Crippen molar-refractivity contribution in [2.45, 2.75) is 6.92 Å². The van der Waals surface area contributed by atoms with Crippen LogP contribution in [-0.2, 0) is 4.74 Å². The number of carbonyl (C=O) groups is 1. The standard InChI is InChI=1S/C21H17O2S/c1-2-23-21(22)17-11-5-8-14-20(17)24-18-12-6-3-9-15(18)16-10-4-7-13-19(16)24/h3-14H,2H2,1H3/q+1. The molecule has 3 heteroatoms. The zero-order valence-corrected chi connectivity index (χ0v) is 14.2. The zero-order valence-electron chi connectivity index (χ0n) is 13.4. The number of hydrogen-bond donors (Lipinski definition) is 0. The quantitative estimate of drug-likeness (QED) is 0.344. The molecule has 24 heavy (non-hydrogen) atoms. The van der Waals surface area contributed by atoms with E-state index in [1.54, 1.807) is 0 Å². The number of rotatable bonds is 3. The third kappa shape index (κ3) is 2.29. The van der Waals surface area contributed by atoms with Crippen molar-refractivity contribution in [1.29, 1.82) is 0 Å². The highest BCUT2D eigenvalue weighted by molar-refractivity contribution is 7.50. The fourth-order valence-corrected chi connectivity index (χ4v) is 5.63. The Kier molecular flexibility index (Phi) is 3.79. The number of hydrogen-bond acceptors (Lipinski definition) is 2. The molecule has 1 aromatic heterocycles. The van der Waals surface area contributed by atoms with Crippen LogP contribution in [0.4, 0.5) is 0 Å². The van der Waals surface area contributed by atoms with Crippen molar-refractivity contribution < 1.29 is 9.53 Å². The topological polar surface area (TPSA) is 26.3 Å². The molecule has 0 aliphatic rings. The molecule has 118 valence electrons. The second-order valence-electron chi connectivity index (χ2n) is 5.52. The molecule has 4 aromatic rings. The van der Waals surface area contributed by atoms with Gasteiger partial charge < -0.3 is 4.74 Å². The summed E-state index contributed by atoms with van der Waals surface area (Å²) in [5.74, 6) is -0.248. The lowest BCUT2D eigenvalue weighted by molar-refractivity contribution is 0.0527. The minimum atomic E-state index is -0.277. The summed E-state index contributed by atoms with van der Waals surface area (Å²) in [7, 11) is -0.277. The van der Waals surface area contributed by atoms with Crippen molar-refractivity contribution in [3.63, 3.8) is 0 Å². The lowest BCUT2D eigenvalue weighted by Crippen LogP contribution is -2.05. The van der Waals surface area contributed by atoms with Crippen LogP contribution in [0.3, 0.4) is 0 Å². The van der Waals surface area contributed by atoms with E-state index in [4.69, 9.17) is 4.74 Å². The Morgan fingerprint density at radius 2 is 1.38 bits per heavy atom. The van der Waals surface area contributed by atoms with E-state index in [9.17, 15) is 4.79 Å². The van der Waals surface area contributed by atoms with E-state index < -0.39 is 0 Å². The molecular formula is C21H17O2S+. The minimum Gasteiger partial charge on any atom is -0.462 e. The van der Waals surface area contributed by atoms with Gasteiger partial charge in [-0.15, -0.1) is 0 Å². The van der Waals surface area contributed by atoms with E-state index in [0.717, 1.165) is 4.90 Å². The molecule has 0 aliphatic carbocycles. The van der Waals surface area contributed by atoms with Crippen LogP contribution in [0.2, 0.25) is 0 Å². The van der Waals surface area contributed by atoms with Crippen LogP contribution in [0, 0.1) is 0 Å².